The molecule has 4 aromatic rings. The number of hydrogen-bond donors (Lipinski definition) is 2. The molecule has 0 atom stereocenters. The van der Waals surface area contributed by atoms with E-state index < -0.39 is 28.4 Å². The predicted octanol–water partition coefficient (Wildman–Crippen LogP) is 6.23. The lowest BCUT2D eigenvalue weighted by Gasteiger charge is -2.24. The Bertz CT molecular complexity index is 1620. The lowest BCUT2D eigenvalue weighted by Crippen LogP contribution is -2.28. The maximum absolute atomic E-state index is 13.7. The van der Waals surface area contributed by atoms with E-state index in [0.717, 1.165) is 21.8 Å². The second-order valence-corrected chi connectivity index (χ2v) is 10.7. The van der Waals surface area contributed by atoms with E-state index in [1.54, 1.807) is 18.5 Å². The monoisotopic (exact) mass is 505 g/mol. The largest absolute Gasteiger partial charge is 0.505 e. The van der Waals surface area contributed by atoms with Gasteiger partial charge in [0.15, 0.2) is 5.76 Å². The summed E-state index contributed by atoms with van der Waals surface area (Å²) in [7, 11) is 0. The van der Waals surface area contributed by atoms with Gasteiger partial charge in [0.1, 0.15) is 0 Å². The number of allylic oxidation sites excluding steroid dienone is 4. The number of rotatable bonds is 6. The molecular weight excluding hydrogens is 474 g/mol. The quantitative estimate of drug-likeness (QED) is 0.185. The lowest BCUT2D eigenvalue weighted by molar-refractivity contribution is -0.130. The zero-order valence-electron chi connectivity index (χ0n) is 22.1. The molecule has 0 saturated carbocycles. The van der Waals surface area contributed by atoms with Crippen LogP contribution >= 0.6 is 0 Å². The molecule has 1 aliphatic carbocycles. The number of benzene rings is 2. The Morgan fingerprint density at radius 2 is 1.13 bits per heavy atom. The van der Waals surface area contributed by atoms with Crippen LogP contribution in [-0.2, 0) is 20.7 Å². The van der Waals surface area contributed by atoms with Crippen LogP contribution in [-0.4, -0.2) is 25.8 Å². The van der Waals surface area contributed by atoms with Crippen molar-refractivity contribution < 1.29 is 14.7 Å². The summed E-state index contributed by atoms with van der Waals surface area (Å²) in [5, 5.41) is 12.9. The van der Waals surface area contributed by atoms with Gasteiger partial charge in [0.2, 0.25) is 11.6 Å². The highest BCUT2D eigenvalue weighted by atomic mass is 16.3. The topological polar surface area (TPSA) is 90.2 Å². The fraction of sp³-hybridized carbons (Fsp3) is 0.188. The van der Waals surface area contributed by atoms with Crippen LogP contribution in [0.3, 0.4) is 0 Å². The summed E-state index contributed by atoms with van der Waals surface area (Å²) in [5.74, 6) is -1.95. The first-order chi connectivity index (χ1) is 17.9. The van der Waals surface area contributed by atoms with Gasteiger partial charge in [0.25, 0.3) is 0 Å². The van der Waals surface area contributed by atoms with Crippen LogP contribution < -0.4 is 5.73 Å². The van der Waals surface area contributed by atoms with Crippen LogP contribution in [0, 0.1) is 0 Å². The standard InChI is InChI=1S/C32H31N3O3/c1-7-31(3,4)34-17-21(19-13-9-11-15-23(19)34)25-27(33)28(36)26(30(38)29(25)37)22-18-35(32(5,6)8-2)24-16-12-10-14-20(22)24/h7-18,36H,1-2,33H2,3-6H3. The minimum absolute atomic E-state index is 0.00113. The predicted molar refractivity (Wildman–Crippen MR) is 154 cm³/mol. The van der Waals surface area contributed by atoms with E-state index in [-0.39, 0.29) is 16.8 Å². The molecule has 2 aromatic heterocycles. The van der Waals surface area contributed by atoms with E-state index in [4.69, 9.17) is 5.73 Å². The normalized spacial score (nSPS) is 15.2. The number of aliphatic hydroxyl groups is 1. The Morgan fingerprint density at radius 1 is 0.737 bits per heavy atom. The van der Waals surface area contributed by atoms with Crippen molar-refractivity contribution in [3.8, 4) is 0 Å². The van der Waals surface area contributed by atoms with E-state index >= 15 is 0 Å². The fourth-order valence-corrected chi connectivity index (χ4v) is 5.14. The molecule has 3 N–H and O–H groups in total. The summed E-state index contributed by atoms with van der Waals surface area (Å²) in [4.78, 5) is 27.5. The number of carbonyl (C=O) groups excluding carboxylic acids is 2. The summed E-state index contributed by atoms with van der Waals surface area (Å²) in [6.07, 6.45) is 7.19. The van der Waals surface area contributed by atoms with Crippen molar-refractivity contribution in [3.63, 3.8) is 0 Å². The van der Waals surface area contributed by atoms with Crippen molar-refractivity contribution in [2.24, 2.45) is 5.73 Å². The minimum atomic E-state index is -0.800. The van der Waals surface area contributed by atoms with Gasteiger partial charge >= 0.3 is 0 Å². The molecular formula is C32H31N3O3. The third-order valence-electron chi connectivity index (χ3n) is 7.63. The minimum Gasteiger partial charge on any atom is -0.505 e. The number of fused-ring (bicyclic) bond motifs is 2. The highest BCUT2D eigenvalue weighted by Crippen LogP contribution is 2.41. The maximum Gasteiger partial charge on any atom is 0.238 e. The number of aromatic nitrogens is 2. The SMILES string of the molecule is C=CC(C)(C)n1cc(C2=C(N)C(O)=C(c3cn(C(C)(C)C=C)c4ccccc34)C(=O)C2=O)c2ccccc21. The summed E-state index contributed by atoms with van der Waals surface area (Å²) >= 11 is 0. The number of hydrogen-bond acceptors (Lipinski definition) is 4. The average Bonchev–Trinajstić information content (AvgIpc) is 3.49. The van der Waals surface area contributed by atoms with Crippen LogP contribution in [0.15, 0.2) is 97.7 Å². The molecule has 0 bridgehead atoms. The highest BCUT2D eigenvalue weighted by Gasteiger charge is 2.39. The number of nitrogens with zero attached hydrogens (tertiary/aromatic N) is 2. The van der Waals surface area contributed by atoms with Crippen LogP contribution in [0.5, 0.6) is 0 Å². The van der Waals surface area contributed by atoms with Crippen LogP contribution in [0.1, 0.15) is 38.8 Å². The van der Waals surface area contributed by atoms with Crippen LogP contribution in [0.2, 0.25) is 0 Å². The first-order valence-corrected chi connectivity index (χ1v) is 12.5. The van der Waals surface area contributed by atoms with Crippen molar-refractivity contribution in [1.82, 2.24) is 9.13 Å². The smallest absolute Gasteiger partial charge is 0.238 e. The van der Waals surface area contributed by atoms with E-state index in [1.165, 1.54) is 0 Å². The molecule has 0 aliphatic heterocycles. The Labute approximate surface area is 221 Å². The van der Waals surface area contributed by atoms with Gasteiger partial charge in [-0.25, -0.2) is 0 Å². The number of carbonyl (C=O) groups is 2. The van der Waals surface area contributed by atoms with Crippen molar-refractivity contribution in [1.29, 1.82) is 0 Å². The molecule has 192 valence electrons. The average molecular weight is 506 g/mol. The van der Waals surface area contributed by atoms with Crippen LogP contribution in [0.4, 0.5) is 0 Å². The van der Waals surface area contributed by atoms with Gasteiger partial charge < -0.3 is 20.0 Å². The lowest BCUT2D eigenvalue weighted by atomic mass is 9.85. The Morgan fingerprint density at radius 3 is 1.58 bits per heavy atom. The first-order valence-electron chi connectivity index (χ1n) is 12.5. The van der Waals surface area contributed by atoms with Gasteiger partial charge in [0, 0.05) is 45.3 Å². The number of para-hydroxylation sites is 2. The number of Topliss-reactive ketones (excluding diaryl/α,β-unsaturated/α-hetero) is 2. The van der Waals surface area contributed by atoms with Crippen molar-refractivity contribution in [3.05, 3.63) is 109 Å². The molecule has 6 heteroatoms. The van der Waals surface area contributed by atoms with Gasteiger partial charge in [-0.15, -0.1) is 13.2 Å². The summed E-state index contributed by atoms with van der Waals surface area (Å²) in [6, 6.07) is 15.1. The molecule has 0 radical (unpaired) electrons. The maximum atomic E-state index is 13.7. The molecule has 0 unspecified atom stereocenters. The van der Waals surface area contributed by atoms with Crippen molar-refractivity contribution in [2.75, 3.05) is 0 Å². The van der Waals surface area contributed by atoms with Gasteiger partial charge in [-0.05, 0) is 39.8 Å². The molecule has 2 aromatic carbocycles. The highest BCUT2D eigenvalue weighted by molar-refractivity contribution is 6.67. The van der Waals surface area contributed by atoms with E-state index in [0.29, 0.717) is 11.1 Å². The molecule has 1 aliphatic rings. The second-order valence-electron chi connectivity index (χ2n) is 10.7. The summed E-state index contributed by atoms with van der Waals surface area (Å²) in [5.41, 5.74) is 7.95. The first kappa shape index (κ1) is 25.1. The number of aliphatic hydroxyl groups excluding tert-OH is 1. The number of nitrogens with two attached hydrogens (primary N) is 1. The molecule has 2 heterocycles. The zero-order valence-corrected chi connectivity index (χ0v) is 22.1. The fourth-order valence-electron chi connectivity index (χ4n) is 5.14. The van der Waals surface area contributed by atoms with Crippen molar-refractivity contribution in [2.45, 2.75) is 38.8 Å². The summed E-state index contributed by atoms with van der Waals surface area (Å²) < 4.78 is 3.97. The van der Waals surface area contributed by atoms with Gasteiger partial charge in [0.05, 0.1) is 27.9 Å². The Balaban J connectivity index is 1.80. The summed E-state index contributed by atoms with van der Waals surface area (Å²) in [6.45, 7) is 15.9. The molecule has 0 amide bonds. The zero-order chi connectivity index (χ0) is 27.6. The third kappa shape index (κ3) is 3.48. The second kappa shape index (κ2) is 8.48. The molecule has 0 spiro atoms. The Kier molecular flexibility index (Phi) is 5.60. The Hall–Kier alpha value is -4.58. The molecule has 0 saturated heterocycles. The number of ketones is 2. The molecule has 0 fully saturated rings. The van der Waals surface area contributed by atoms with Crippen LogP contribution in [0.25, 0.3) is 33.0 Å². The molecule has 38 heavy (non-hydrogen) atoms. The van der Waals surface area contributed by atoms with E-state index in [2.05, 4.69) is 13.2 Å². The van der Waals surface area contributed by atoms with Gasteiger partial charge in [-0.1, -0.05) is 48.6 Å². The van der Waals surface area contributed by atoms with Gasteiger partial charge in [-0.2, -0.15) is 0 Å². The molecule has 5 rings (SSSR count). The van der Waals surface area contributed by atoms with Gasteiger partial charge in [-0.3, -0.25) is 9.59 Å². The van der Waals surface area contributed by atoms with Crippen molar-refractivity contribution >= 4 is 44.5 Å². The van der Waals surface area contributed by atoms with E-state index in [9.17, 15) is 14.7 Å². The van der Waals surface area contributed by atoms with E-state index in [1.807, 2.05) is 91.4 Å². The third-order valence-corrected chi connectivity index (χ3v) is 7.63. The molecule has 6 nitrogen and oxygen atoms in total.